The summed E-state index contributed by atoms with van der Waals surface area (Å²) in [6.45, 7) is 7.87. The van der Waals surface area contributed by atoms with Crippen molar-refractivity contribution >= 4 is 27.4 Å². The van der Waals surface area contributed by atoms with E-state index in [-0.39, 0.29) is 0 Å². The predicted molar refractivity (Wildman–Crippen MR) is 69.6 cm³/mol. The van der Waals surface area contributed by atoms with E-state index in [9.17, 15) is 4.79 Å². The fourth-order valence-corrected chi connectivity index (χ4v) is 2.57. The molecule has 0 atom stereocenters. The normalized spacial score (nSPS) is 9.75. The van der Waals surface area contributed by atoms with Crippen LogP contribution in [0, 0.1) is 13.8 Å². The molecule has 0 aliphatic carbocycles. The summed E-state index contributed by atoms with van der Waals surface area (Å²) < 4.78 is 1.05. The quantitative estimate of drug-likeness (QED) is 0.804. The molecule has 2 nitrogen and oxygen atoms in total. The highest BCUT2D eigenvalue weighted by Gasteiger charge is 2.13. The molecule has 0 unspecified atom stereocenters. The highest BCUT2D eigenvalue weighted by Crippen LogP contribution is 2.31. The van der Waals surface area contributed by atoms with Crippen molar-refractivity contribution in [1.29, 1.82) is 0 Å². The van der Waals surface area contributed by atoms with Gasteiger partial charge < -0.3 is 5.11 Å². The second kappa shape index (κ2) is 5.12. The van der Waals surface area contributed by atoms with Gasteiger partial charge in [0, 0.05) is 4.70 Å². The van der Waals surface area contributed by atoms with Gasteiger partial charge in [-0.05, 0) is 30.9 Å². The Bertz CT molecular complexity index is 512. The zero-order valence-electron chi connectivity index (χ0n) is 10.00. The molecule has 0 saturated carbocycles. The maximum Gasteiger partial charge on any atom is 0.346 e. The van der Waals surface area contributed by atoms with Crippen LogP contribution in [0.1, 0.15) is 34.6 Å². The Morgan fingerprint density at radius 1 is 1.25 bits per heavy atom. The van der Waals surface area contributed by atoms with Crippen LogP contribution >= 0.6 is 11.3 Å². The highest BCUT2D eigenvalue weighted by atomic mass is 32.1. The molecule has 0 saturated heterocycles. The first-order chi connectivity index (χ1) is 7.59. The number of thiophene rings is 1. The number of carboxylic acid groups (broad SMARTS) is 1. The summed E-state index contributed by atoms with van der Waals surface area (Å²) in [5.41, 5.74) is 2.04. The molecule has 0 bridgehead atoms. The van der Waals surface area contributed by atoms with Crippen molar-refractivity contribution in [2.24, 2.45) is 0 Å². The highest BCUT2D eigenvalue weighted by molar-refractivity contribution is 7.21. The molecule has 1 heterocycles. The molecule has 1 aromatic heterocycles. The predicted octanol–water partition coefficient (Wildman–Crippen LogP) is 4.24. The summed E-state index contributed by atoms with van der Waals surface area (Å²) in [5.74, 6) is -0.832. The van der Waals surface area contributed by atoms with Crippen LogP contribution in [0.4, 0.5) is 0 Å². The lowest BCUT2D eigenvalue weighted by Gasteiger charge is -1.93. The number of hydrogen-bond acceptors (Lipinski definition) is 2. The molecule has 1 N–H and O–H groups in total. The Labute approximate surface area is 99.5 Å². The molecule has 0 fully saturated rings. The zero-order chi connectivity index (χ0) is 12.3. The number of carbonyl (C=O) groups is 1. The van der Waals surface area contributed by atoms with Crippen LogP contribution in [-0.2, 0) is 0 Å². The SMILES string of the molecule is CC.Cc1ccc2sc(C(=O)O)c(C)c2c1. The number of aryl methyl sites for hydroxylation is 2. The summed E-state index contributed by atoms with van der Waals surface area (Å²) in [6.07, 6.45) is 0. The van der Waals surface area contributed by atoms with Crippen LogP contribution in [-0.4, -0.2) is 11.1 Å². The molecule has 16 heavy (non-hydrogen) atoms. The third kappa shape index (κ3) is 2.25. The molecule has 0 radical (unpaired) electrons. The van der Waals surface area contributed by atoms with Crippen molar-refractivity contribution in [3.8, 4) is 0 Å². The molecule has 2 rings (SSSR count). The summed E-state index contributed by atoms with van der Waals surface area (Å²) in [7, 11) is 0. The van der Waals surface area contributed by atoms with Crippen molar-refractivity contribution in [1.82, 2.24) is 0 Å². The minimum Gasteiger partial charge on any atom is -0.477 e. The third-order valence-electron chi connectivity index (χ3n) is 2.29. The van der Waals surface area contributed by atoms with Gasteiger partial charge in [-0.3, -0.25) is 0 Å². The Morgan fingerprint density at radius 2 is 1.88 bits per heavy atom. The van der Waals surface area contributed by atoms with Gasteiger partial charge in [0.15, 0.2) is 0 Å². The number of fused-ring (bicyclic) bond motifs is 1. The molecule has 2 aromatic rings. The number of carboxylic acids is 1. The van der Waals surface area contributed by atoms with E-state index in [0.29, 0.717) is 4.88 Å². The molecular weight excluding hydrogens is 220 g/mol. The van der Waals surface area contributed by atoms with E-state index in [2.05, 4.69) is 0 Å². The standard InChI is InChI=1S/C11H10O2S.C2H6/c1-6-3-4-9-8(5-6)7(2)10(14-9)11(12)13;1-2/h3-5H,1-2H3,(H,12,13);1-2H3. The average Bonchev–Trinajstić information content (AvgIpc) is 2.59. The number of benzene rings is 1. The van der Waals surface area contributed by atoms with E-state index in [1.54, 1.807) is 0 Å². The molecule has 3 heteroatoms. The van der Waals surface area contributed by atoms with Crippen LogP contribution < -0.4 is 0 Å². The van der Waals surface area contributed by atoms with Gasteiger partial charge in [0.25, 0.3) is 0 Å². The van der Waals surface area contributed by atoms with Crippen LogP contribution in [0.15, 0.2) is 18.2 Å². The lowest BCUT2D eigenvalue weighted by Crippen LogP contribution is -1.93. The summed E-state index contributed by atoms with van der Waals surface area (Å²) in [4.78, 5) is 11.3. The number of rotatable bonds is 1. The molecule has 0 aliphatic rings. The second-order valence-corrected chi connectivity index (χ2v) is 4.41. The molecule has 0 amide bonds. The van der Waals surface area contributed by atoms with Gasteiger partial charge in [-0.2, -0.15) is 0 Å². The summed E-state index contributed by atoms with van der Waals surface area (Å²) in [6, 6.07) is 6.02. The smallest absolute Gasteiger partial charge is 0.346 e. The van der Waals surface area contributed by atoms with E-state index in [1.807, 2.05) is 45.9 Å². The first-order valence-corrected chi connectivity index (χ1v) is 6.14. The Kier molecular flexibility index (Phi) is 4.07. The fraction of sp³-hybridized carbons (Fsp3) is 0.308. The second-order valence-electron chi connectivity index (χ2n) is 3.36. The Balaban J connectivity index is 0.000000606. The third-order valence-corrected chi connectivity index (χ3v) is 3.55. The van der Waals surface area contributed by atoms with Crippen LogP contribution in [0.25, 0.3) is 10.1 Å². The Hall–Kier alpha value is -1.35. The zero-order valence-corrected chi connectivity index (χ0v) is 10.8. The van der Waals surface area contributed by atoms with Crippen LogP contribution in [0.5, 0.6) is 0 Å². The lowest BCUT2D eigenvalue weighted by atomic mass is 10.1. The molecular formula is C13H16O2S. The molecule has 86 valence electrons. The summed E-state index contributed by atoms with van der Waals surface area (Å²) >= 11 is 1.34. The van der Waals surface area contributed by atoms with E-state index in [4.69, 9.17) is 5.11 Å². The first kappa shape index (κ1) is 12.7. The topological polar surface area (TPSA) is 37.3 Å². The largest absolute Gasteiger partial charge is 0.477 e. The van der Waals surface area contributed by atoms with E-state index >= 15 is 0 Å². The summed E-state index contributed by atoms with van der Waals surface area (Å²) in [5, 5.41) is 10.0. The van der Waals surface area contributed by atoms with Gasteiger partial charge in [-0.25, -0.2) is 4.79 Å². The molecule has 1 aromatic carbocycles. The number of hydrogen-bond donors (Lipinski definition) is 1. The lowest BCUT2D eigenvalue weighted by molar-refractivity contribution is 0.0701. The van der Waals surface area contributed by atoms with Crippen LogP contribution in [0.3, 0.4) is 0 Å². The first-order valence-electron chi connectivity index (χ1n) is 5.32. The van der Waals surface area contributed by atoms with Gasteiger partial charge in [0.2, 0.25) is 0 Å². The van der Waals surface area contributed by atoms with E-state index in [1.165, 1.54) is 11.3 Å². The van der Waals surface area contributed by atoms with Crippen molar-refractivity contribution in [2.45, 2.75) is 27.7 Å². The van der Waals surface area contributed by atoms with Gasteiger partial charge in [-0.1, -0.05) is 31.5 Å². The van der Waals surface area contributed by atoms with E-state index in [0.717, 1.165) is 21.2 Å². The van der Waals surface area contributed by atoms with Crippen molar-refractivity contribution in [3.05, 3.63) is 34.2 Å². The van der Waals surface area contributed by atoms with Gasteiger partial charge >= 0.3 is 5.97 Å². The van der Waals surface area contributed by atoms with Crippen molar-refractivity contribution < 1.29 is 9.90 Å². The molecule has 0 spiro atoms. The average molecular weight is 236 g/mol. The van der Waals surface area contributed by atoms with Crippen molar-refractivity contribution in [3.63, 3.8) is 0 Å². The monoisotopic (exact) mass is 236 g/mol. The maximum atomic E-state index is 10.9. The Morgan fingerprint density at radius 3 is 2.44 bits per heavy atom. The van der Waals surface area contributed by atoms with E-state index < -0.39 is 5.97 Å². The fourth-order valence-electron chi connectivity index (χ4n) is 1.54. The number of aromatic carboxylic acids is 1. The minimum absolute atomic E-state index is 0.450. The van der Waals surface area contributed by atoms with Crippen molar-refractivity contribution in [2.75, 3.05) is 0 Å². The van der Waals surface area contributed by atoms with Gasteiger partial charge in [-0.15, -0.1) is 11.3 Å². The maximum absolute atomic E-state index is 10.9. The molecule has 0 aliphatic heterocycles. The van der Waals surface area contributed by atoms with Crippen LogP contribution in [0.2, 0.25) is 0 Å². The van der Waals surface area contributed by atoms with Gasteiger partial charge in [0.1, 0.15) is 4.88 Å². The minimum atomic E-state index is -0.832. The van der Waals surface area contributed by atoms with Gasteiger partial charge in [0.05, 0.1) is 0 Å².